The van der Waals surface area contributed by atoms with Gasteiger partial charge in [0.15, 0.2) is 5.78 Å². The van der Waals surface area contributed by atoms with Gasteiger partial charge in [0.2, 0.25) is 12.8 Å². The Morgan fingerprint density at radius 2 is 1.38 bits per heavy atom. The zero-order chi connectivity index (χ0) is 26.1. The van der Waals surface area contributed by atoms with Crippen molar-refractivity contribution in [1.29, 1.82) is 0 Å². The lowest BCUT2D eigenvalue weighted by atomic mass is 9.81. The fourth-order valence-corrected chi connectivity index (χ4v) is 3.52. The SMILES string of the molecule is CC1CC1.CC1CCC(CC(N)=O)CC1.CCCCC(=O)c1ccc(C(C)(C)F)cc1.FCF. The Hall–Kier alpha value is -1.85. The molecule has 0 aromatic heterocycles. The van der Waals surface area contributed by atoms with Gasteiger partial charge in [-0.05, 0) is 56.4 Å². The van der Waals surface area contributed by atoms with Crippen LogP contribution in [0, 0.1) is 17.8 Å². The molecule has 2 saturated carbocycles. The first kappa shape index (κ1) is 32.1. The van der Waals surface area contributed by atoms with Crippen LogP contribution in [0.1, 0.15) is 115 Å². The number of Topliss-reactive ketones (excluding diaryl/α,β-unsaturated/α-hetero) is 1. The number of hydrogen-bond donors (Lipinski definition) is 1. The van der Waals surface area contributed by atoms with Crippen LogP contribution in [0.3, 0.4) is 0 Å². The van der Waals surface area contributed by atoms with E-state index in [1.165, 1.54) is 52.4 Å². The van der Waals surface area contributed by atoms with Crippen molar-refractivity contribution in [2.45, 2.75) is 104 Å². The van der Waals surface area contributed by atoms with Crippen LogP contribution in [0.15, 0.2) is 24.3 Å². The second-order valence-electron chi connectivity index (χ2n) is 10.2. The van der Waals surface area contributed by atoms with E-state index in [1.807, 2.05) is 0 Å². The van der Waals surface area contributed by atoms with E-state index < -0.39 is 12.6 Å². The van der Waals surface area contributed by atoms with Gasteiger partial charge in [-0.15, -0.1) is 0 Å². The largest absolute Gasteiger partial charge is 0.370 e. The van der Waals surface area contributed by atoms with Crippen LogP contribution in [0.25, 0.3) is 0 Å². The van der Waals surface area contributed by atoms with Gasteiger partial charge in [-0.1, -0.05) is 77.1 Å². The second kappa shape index (κ2) is 17.6. The number of alkyl halides is 3. The molecule has 6 heteroatoms. The number of amides is 1. The van der Waals surface area contributed by atoms with Gasteiger partial charge in [0.1, 0.15) is 5.67 Å². The van der Waals surface area contributed by atoms with E-state index in [9.17, 15) is 22.8 Å². The standard InChI is InChI=1S/C14H19FO.C9H17NO.C4H8.CH2F2/c1-4-5-6-13(16)11-7-9-12(10-8-11)14(2,3)15;1-7-2-4-8(5-3-7)6-9(10)11;1-4-2-3-4;2-1-3/h7-10H,4-6H2,1-3H3;7-8H,2-6H2,1H3,(H2,10,11);4H,2-3H2,1H3;1H2. The van der Waals surface area contributed by atoms with Gasteiger partial charge < -0.3 is 5.73 Å². The molecule has 3 rings (SSSR count). The lowest BCUT2D eigenvalue weighted by Crippen LogP contribution is -2.20. The minimum absolute atomic E-state index is 0.135. The van der Waals surface area contributed by atoms with Crippen molar-refractivity contribution in [1.82, 2.24) is 0 Å². The zero-order valence-corrected chi connectivity index (χ0v) is 21.8. The third-order valence-corrected chi connectivity index (χ3v) is 6.14. The van der Waals surface area contributed by atoms with Crippen molar-refractivity contribution in [2.24, 2.45) is 23.5 Å². The fourth-order valence-electron chi connectivity index (χ4n) is 3.52. The van der Waals surface area contributed by atoms with Crippen molar-refractivity contribution in [3.63, 3.8) is 0 Å². The van der Waals surface area contributed by atoms with Crippen LogP contribution in [-0.4, -0.2) is 18.6 Å². The highest BCUT2D eigenvalue weighted by molar-refractivity contribution is 5.96. The topological polar surface area (TPSA) is 60.2 Å². The summed E-state index contributed by atoms with van der Waals surface area (Å²) >= 11 is 0. The Morgan fingerprint density at radius 1 is 0.941 bits per heavy atom. The van der Waals surface area contributed by atoms with E-state index in [0.29, 0.717) is 29.9 Å². The molecule has 0 radical (unpaired) electrons. The minimum Gasteiger partial charge on any atom is -0.370 e. The van der Waals surface area contributed by atoms with Crippen LogP contribution < -0.4 is 5.73 Å². The first-order chi connectivity index (χ1) is 15.9. The van der Waals surface area contributed by atoms with Crippen LogP contribution in [-0.2, 0) is 10.5 Å². The number of carbonyl (C=O) groups is 2. The number of benzene rings is 1. The van der Waals surface area contributed by atoms with Gasteiger partial charge >= 0.3 is 0 Å². The average molecular weight is 486 g/mol. The highest BCUT2D eigenvalue weighted by Crippen LogP contribution is 2.30. The van der Waals surface area contributed by atoms with Crippen LogP contribution >= 0.6 is 0 Å². The lowest BCUT2D eigenvalue weighted by Gasteiger charge is -2.24. The van der Waals surface area contributed by atoms with Crippen LogP contribution in [0.2, 0.25) is 0 Å². The Kier molecular flexibility index (Phi) is 16.6. The summed E-state index contributed by atoms with van der Waals surface area (Å²) in [6, 6.07) is 6.82. The van der Waals surface area contributed by atoms with Crippen LogP contribution in [0.4, 0.5) is 13.2 Å². The van der Waals surface area contributed by atoms with Gasteiger partial charge in [0.05, 0.1) is 0 Å². The maximum absolute atomic E-state index is 13.6. The third-order valence-electron chi connectivity index (χ3n) is 6.14. The molecule has 0 bridgehead atoms. The number of ketones is 1. The van der Waals surface area contributed by atoms with E-state index in [4.69, 9.17) is 5.73 Å². The van der Waals surface area contributed by atoms with Crippen LogP contribution in [0.5, 0.6) is 0 Å². The minimum atomic E-state index is -1.75. The molecule has 3 nitrogen and oxygen atoms in total. The van der Waals surface area contributed by atoms with E-state index in [2.05, 4.69) is 20.8 Å². The van der Waals surface area contributed by atoms with E-state index in [1.54, 1.807) is 24.3 Å². The molecule has 1 aromatic carbocycles. The summed E-state index contributed by atoms with van der Waals surface area (Å²) in [4.78, 5) is 22.2. The van der Waals surface area contributed by atoms with Crippen molar-refractivity contribution < 1.29 is 22.8 Å². The molecule has 0 unspecified atom stereocenters. The first-order valence-electron chi connectivity index (χ1n) is 12.7. The molecule has 34 heavy (non-hydrogen) atoms. The normalized spacial score (nSPS) is 19.3. The Labute approximate surface area is 205 Å². The van der Waals surface area contributed by atoms with Gasteiger partial charge in [0, 0.05) is 18.4 Å². The van der Waals surface area contributed by atoms with Gasteiger partial charge in [0.25, 0.3) is 0 Å². The van der Waals surface area contributed by atoms with Gasteiger partial charge in [-0.25, -0.2) is 13.2 Å². The average Bonchev–Trinajstić information content (AvgIpc) is 3.56. The molecule has 2 aliphatic carbocycles. The van der Waals surface area contributed by atoms with E-state index in [-0.39, 0.29) is 11.7 Å². The highest BCUT2D eigenvalue weighted by atomic mass is 19.3. The van der Waals surface area contributed by atoms with E-state index >= 15 is 0 Å². The molecular weight excluding hydrogens is 439 g/mol. The summed E-state index contributed by atoms with van der Waals surface area (Å²) in [6.07, 6.45) is 11.0. The number of halogens is 3. The molecule has 0 heterocycles. The molecule has 0 saturated heterocycles. The van der Waals surface area contributed by atoms with Crippen molar-refractivity contribution in [3.8, 4) is 0 Å². The smallest absolute Gasteiger partial charge is 0.229 e. The maximum atomic E-state index is 13.6. The quantitative estimate of drug-likeness (QED) is 0.395. The molecule has 1 aromatic rings. The molecule has 0 spiro atoms. The molecule has 0 aliphatic heterocycles. The molecule has 2 N–H and O–H groups in total. The Bertz CT molecular complexity index is 674. The predicted octanol–water partition coefficient (Wildman–Crippen LogP) is 8.25. The monoisotopic (exact) mass is 485 g/mol. The maximum Gasteiger partial charge on any atom is 0.229 e. The molecule has 2 fully saturated rings. The Balaban J connectivity index is 0.000000516. The molecule has 2 aliphatic rings. The second-order valence-corrected chi connectivity index (χ2v) is 10.2. The van der Waals surface area contributed by atoms with Gasteiger partial charge in [-0.3, -0.25) is 9.59 Å². The summed E-state index contributed by atoms with van der Waals surface area (Å²) in [5, 5.41) is 0. The summed E-state index contributed by atoms with van der Waals surface area (Å²) in [5.74, 6) is 2.54. The first-order valence-corrected chi connectivity index (χ1v) is 12.7. The number of carbonyl (C=O) groups excluding carboxylic acids is 2. The Morgan fingerprint density at radius 3 is 1.74 bits per heavy atom. The van der Waals surface area contributed by atoms with Crippen molar-refractivity contribution in [2.75, 3.05) is 6.93 Å². The fraction of sp³-hybridized carbons (Fsp3) is 0.714. The number of primary amides is 1. The number of unbranched alkanes of at least 4 members (excludes halogenated alkanes) is 1. The highest BCUT2D eigenvalue weighted by Gasteiger charge is 2.20. The summed E-state index contributed by atoms with van der Waals surface area (Å²) in [7, 11) is 0. The molecule has 0 atom stereocenters. The lowest BCUT2D eigenvalue weighted by molar-refractivity contribution is -0.119. The van der Waals surface area contributed by atoms with Gasteiger partial charge in [-0.2, -0.15) is 0 Å². The summed E-state index contributed by atoms with van der Waals surface area (Å²) in [6.45, 7) is 7.89. The van der Waals surface area contributed by atoms with Crippen molar-refractivity contribution >= 4 is 11.7 Å². The van der Waals surface area contributed by atoms with Crippen molar-refractivity contribution in [3.05, 3.63) is 35.4 Å². The number of nitrogens with two attached hydrogens (primary N) is 1. The molecule has 1 amide bonds. The molecular formula is C28H46F3NO2. The summed E-state index contributed by atoms with van der Waals surface area (Å²) in [5.41, 5.74) is 5.07. The summed E-state index contributed by atoms with van der Waals surface area (Å²) < 4.78 is 32.8. The third kappa shape index (κ3) is 16.7. The predicted molar refractivity (Wildman–Crippen MR) is 135 cm³/mol. The molecule has 196 valence electrons. The van der Waals surface area contributed by atoms with E-state index in [0.717, 1.165) is 24.7 Å². The zero-order valence-electron chi connectivity index (χ0n) is 21.8. The number of hydrogen-bond acceptors (Lipinski definition) is 2. The number of rotatable bonds is 7.